The highest BCUT2D eigenvalue weighted by Gasteiger charge is 2.61. The van der Waals surface area contributed by atoms with Crippen LogP contribution in [0.4, 0.5) is 10.8 Å². The molecule has 0 unspecified atom stereocenters. The number of methoxy groups -OCH3 is 1. The van der Waals surface area contributed by atoms with Crippen LogP contribution in [-0.4, -0.2) is 84.9 Å². The van der Waals surface area contributed by atoms with Crippen LogP contribution in [0.1, 0.15) is 79.6 Å². The lowest BCUT2D eigenvalue weighted by atomic mass is 9.91. The fraction of sp³-hybridized carbons (Fsp3) is 0.477. The molecule has 60 heavy (non-hydrogen) atoms. The number of aromatic nitrogens is 2. The Morgan fingerprint density at radius 1 is 1.07 bits per heavy atom. The molecule has 0 bridgehead atoms. The maximum Gasteiger partial charge on any atom is 0.266 e. The van der Waals surface area contributed by atoms with E-state index in [2.05, 4.69) is 20.7 Å². The molecule has 320 valence electrons. The summed E-state index contributed by atoms with van der Waals surface area (Å²) in [4.78, 5) is 54.0. The van der Waals surface area contributed by atoms with E-state index in [1.807, 2.05) is 76.4 Å². The van der Waals surface area contributed by atoms with Crippen molar-refractivity contribution in [3.05, 3.63) is 66.1 Å². The summed E-state index contributed by atoms with van der Waals surface area (Å²) in [5, 5.41) is 12.9. The number of thiazole rings is 1. The number of para-hydroxylation sites is 1. The predicted octanol–water partition coefficient (Wildman–Crippen LogP) is 6.89. The third-order valence-electron chi connectivity index (χ3n) is 10.9. The van der Waals surface area contributed by atoms with Crippen LogP contribution in [0.5, 0.6) is 11.5 Å². The average molecular weight is 858 g/mol. The van der Waals surface area contributed by atoms with E-state index in [1.54, 1.807) is 25.3 Å². The van der Waals surface area contributed by atoms with Gasteiger partial charge in [-0.1, -0.05) is 51.5 Å². The number of carbonyl (C=O) groups excluding carboxylic acids is 3. The van der Waals surface area contributed by atoms with Gasteiger partial charge in [0.1, 0.15) is 39.8 Å². The van der Waals surface area contributed by atoms with Crippen LogP contribution in [0.3, 0.4) is 0 Å². The second kappa shape index (κ2) is 17.4. The van der Waals surface area contributed by atoms with Crippen LogP contribution in [0.15, 0.2) is 71.0 Å². The molecule has 1 saturated carbocycles. The van der Waals surface area contributed by atoms with Gasteiger partial charge < -0.3 is 30.3 Å². The molecule has 4 N–H and O–H groups in total. The van der Waals surface area contributed by atoms with Gasteiger partial charge in [-0.25, -0.2) is 23.1 Å². The highest BCUT2D eigenvalue weighted by atomic mass is 32.2. The molecule has 2 aromatic carbocycles. The molecule has 14 nitrogen and oxygen atoms in total. The number of nitrogens with one attached hydrogen (secondary N) is 4. The molecule has 4 atom stereocenters. The van der Waals surface area contributed by atoms with Gasteiger partial charge in [-0.3, -0.25) is 14.4 Å². The van der Waals surface area contributed by atoms with Crippen LogP contribution in [0, 0.1) is 11.3 Å². The van der Waals surface area contributed by atoms with E-state index in [0.717, 1.165) is 30.8 Å². The first-order valence-electron chi connectivity index (χ1n) is 20.6. The highest BCUT2D eigenvalue weighted by molar-refractivity contribution is 7.90. The Balaban J connectivity index is 1.19. The van der Waals surface area contributed by atoms with Gasteiger partial charge in [0.25, 0.3) is 15.9 Å². The molecule has 3 aliphatic rings. The van der Waals surface area contributed by atoms with Crippen molar-refractivity contribution in [1.29, 1.82) is 0 Å². The van der Waals surface area contributed by atoms with E-state index in [0.29, 0.717) is 46.0 Å². The monoisotopic (exact) mass is 857 g/mol. The molecule has 1 aliphatic carbocycles. The van der Waals surface area contributed by atoms with Crippen LogP contribution < -0.4 is 30.1 Å². The minimum atomic E-state index is -4.33. The molecule has 2 fully saturated rings. The molecular formula is C44H55N7O7S2. The number of pyridine rings is 1. The van der Waals surface area contributed by atoms with Crippen molar-refractivity contribution < 1.29 is 32.3 Å². The van der Waals surface area contributed by atoms with Gasteiger partial charge in [-0.05, 0) is 69.2 Å². The predicted molar refractivity (Wildman–Crippen MR) is 234 cm³/mol. The first-order valence-corrected chi connectivity index (χ1v) is 23.0. The Bertz CT molecular complexity index is 2390. The van der Waals surface area contributed by atoms with Crippen LogP contribution in [-0.2, 0) is 24.4 Å². The van der Waals surface area contributed by atoms with E-state index in [9.17, 15) is 22.8 Å². The Morgan fingerprint density at radius 2 is 1.87 bits per heavy atom. The van der Waals surface area contributed by atoms with Crippen molar-refractivity contribution >= 4 is 60.8 Å². The number of carbonyl (C=O) groups is 3. The van der Waals surface area contributed by atoms with Crippen molar-refractivity contribution in [2.45, 2.75) is 108 Å². The highest BCUT2D eigenvalue weighted by Crippen LogP contribution is 2.46. The zero-order valence-corrected chi connectivity index (χ0v) is 36.7. The fourth-order valence-electron chi connectivity index (χ4n) is 7.83. The molecule has 2 aromatic heterocycles. The largest absolute Gasteiger partial charge is 0.497 e. The number of allylic oxidation sites excluding steroid dienone is 1. The number of benzene rings is 2. The van der Waals surface area contributed by atoms with Crippen LogP contribution in [0.2, 0.25) is 0 Å². The molecule has 7 rings (SSSR count). The summed E-state index contributed by atoms with van der Waals surface area (Å²) in [6.07, 6.45) is 7.28. The second-order valence-electron chi connectivity index (χ2n) is 17.4. The third kappa shape index (κ3) is 9.70. The molecule has 4 aromatic rings. The number of nitrogens with zero attached hydrogens (tertiary/aromatic N) is 3. The molecular weight excluding hydrogens is 803 g/mol. The Labute approximate surface area is 356 Å². The van der Waals surface area contributed by atoms with E-state index in [-0.39, 0.29) is 48.1 Å². The van der Waals surface area contributed by atoms with Gasteiger partial charge in [0.05, 0.1) is 30.6 Å². The lowest BCUT2D eigenvalue weighted by Crippen LogP contribution is -2.56. The fourth-order valence-corrected chi connectivity index (χ4v) is 9.90. The summed E-state index contributed by atoms with van der Waals surface area (Å²) in [6.45, 7) is 10.7. The van der Waals surface area contributed by atoms with Crippen molar-refractivity contribution in [3.63, 3.8) is 0 Å². The number of amides is 3. The van der Waals surface area contributed by atoms with Crippen molar-refractivity contribution in [2.75, 3.05) is 30.8 Å². The van der Waals surface area contributed by atoms with Gasteiger partial charge in [0, 0.05) is 54.2 Å². The summed E-state index contributed by atoms with van der Waals surface area (Å²) in [6, 6.07) is 13.0. The maximum absolute atomic E-state index is 14.6. The summed E-state index contributed by atoms with van der Waals surface area (Å²) < 4.78 is 42.1. The standard InChI is InChI=1S/C44H55N7O7S2/c1-27(2)46-42-48-35(26-59-42)34-22-37(31-18-17-29(57-6)20-33(31)47-34)58-30-21-36(51(25-30)39(52)24-43(3,4)5)40(53)49-44-23-28(44)14-10-8-7-9-13-19-45-32-15-11-12-16-38(32)60(55,56)50-41(44)54/h10-12,14-18,20,22,26-28,30,36,45H,7-9,13,19,21,23-25H2,1-6H3,(H,46,48)(H,49,53)(H,50,54)/t28-,30-,36+,44-/m1/s1. The topological polar surface area (TPSA) is 181 Å². The lowest BCUT2D eigenvalue weighted by molar-refractivity contribution is -0.141. The number of likely N-dealkylation sites (tertiary alicyclic amines) is 1. The summed E-state index contributed by atoms with van der Waals surface area (Å²) in [5.41, 5.74) is 0.354. The summed E-state index contributed by atoms with van der Waals surface area (Å²) in [7, 11) is -2.74. The molecule has 16 heteroatoms. The molecule has 0 radical (unpaired) electrons. The minimum absolute atomic E-state index is 0.0511. The number of fused-ring (bicyclic) bond motifs is 3. The van der Waals surface area contributed by atoms with Crippen molar-refractivity contribution in [2.24, 2.45) is 11.3 Å². The third-order valence-corrected chi connectivity index (χ3v) is 13.1. The zero-order chi connectivity index (χ0) is 42.8. The first-order chi connectivity index (χ1) is 28.5. The summed E-state index contributed by atoms with van der Waals surface area (Å²) in [5.74, 6) is -0.922. The maximum atomic E-state index is 14.6. The van der Waals surface area contributed by atoms with E-state index >= 15 is 0 Å². The Hall–Kier alpha value is -5.22. The van der Waals surface area contributed by atoms with Crippen LogP contribution in [0.25, 0.3) is 22.3 Å². The first kappa shape index (κ1) is 42.9. The molecule has 0 spiro atoms. The molecule has 1 saturated heterocycles. The number of anilines is 2. The van der Waals surface area contributed by atoms with Gasteiger partial charge in [0.2, 0.25) is 11.8 Å². The SMILES string of the molecule is COc1ccc2c(O[C@@H]3C[C@@H](C(=O)N[C@]45C[C@H]4C=CCCCCCNc4ccccc4S(=O)(=O)NC5=O)N(C(=O)CC(C)(C)C)C3)cc(-c3csc(NC(C)C)n3)nc2c1. The molecule has 4 heterocycles. The van der Waals surface area contributed by atoms with Crippen molar-refractivity contribution in [3.8, 4) is 22.9 Å². The van der Waals surface area contributed by atoms with Gasteiger partial charge in [-0.15, -0.1) is 11.3 Å². The average Bonchev–Trinajstić information content (AvgIpc) is 3.45. The Morgan fingerprint density at radius 3 is 2.63 bits per heavy atom. The number of hydrogen-bond acceptors (Lipinski definition) is 12. The van der Waals surface area contributed by atoms with Gasteiger partial charge in [-0.2, -0.15) is 0 Å². The summed E-state index contributed by atoms with van der Waals surface area (Å²) >= 11 is 1.47. The Kier molecular flexibility index (Phi) is 12.4. The van der Waals surface area contributed by atoms with Gasteiger partial charge >= 0.3 is 0 Å². The molecule has 2 aliphatic heterocycles. The lowest BCUT2D eigenvalue weighted by Gasteiger charge is -2.29. The minimum Gasteiger partial charge on any atom is -0.497 e. The quantitative estimate of drug-likeness (QED) is 0.129. The van der Waals surface area contributed by atoms with Gasteiger partial charge in [0.15, 0.2) is 5.13 Å². The number of rotatable bonds is 9. The van der Waals surface area contributed by atoms with E-state index < -0.39 is 45.4 Å². The van der Waals surface area contributed by atoms with Crippen LogP contribution >= 0.6 is 11.3 Å². The number of sulfonamides is 1. The van der Waals surface area contributed by atoms with Crippen molar-refractivity contribution in [1.82, 2.24) is 24.9 Å². The van der Waals surface area contributed by atoms with E-state index in [1.165, 1.54) is 22.3 Å². The number of hydrogen-bond donors (Lipinski definition) is 4. The van der Waals surface area contributed by atoms with E-state index in [4.69, 9.17) is 19.4 Å². The smallest absolute Gasteiger partial charge is 0.266 e. The zero-order valence-electron chi connectivity index (χ0n) is 35.0. The number of ether oxygens (including phenoxy) is 2. The second-order valence-corrected chi connectivity index (χ2v) is 19.9. The molecule has 3 amide bonds. The normalized spacial score (nSPS) is 23.0.